The molecule has 3 aromatic heterocycles. The smallest absolute Gasteiger partial charge is 0.333 e. The molecule has 0 aliphatic carbocycles. The predicted octanol–water partition coefficient (Wildman–Crippen LogP) is 3.36. The van der Waals surface area contributed by atoms with Gasteiger partial charge in [-0.2, -0.15) is 5.10 Å². The molecule has 0 saturated carbocycles. The van der Waals surface area contributed by atoms with Crippen LogP contribution in [0.2, 0.25) is 0 Å². The Morgan fingerprint density at radius 2 is 1.89 bits per heavy atom. The number of methoxy groups -OCH3 is 1. The number of carbonyl (C=O) groups excluding carboxylic acids is 1. The molecule has 0 spiro atoms. The van der Waals surface area contributed by atoms with Crippen molar-refractivity contribution in [3.63, 3.8) is 0 Å². The molecule has 0 fully saturated rings. The van der Waals surface area contributed by atoms with E-state index in [1.54, 1.807) is 37.2 Å². The largest absolute Gasteiger partial charge is 0.496 e. The van der Waals surface area contributed by atoms with Crippen LogP contribution in [-0.4, -0.2) is 38.5 Å². The number of primary amides is 1. The molecule has 11 heteroatoms. The molecule has 1 unspecified atom stereocenters. The van der Waals surface area contributed by atoms with Crippen LogP contribution in [-0.2, 0) is 21.6 Å². The summed E-state index contributed by atoms with van der Waals surface area (Å²) in [5.41, 5.74) is 4.30. The maximum atomic E-state index is 14.0. The molecule has 4 rings (SSSR count). The van der Waals surface area contributed by atoms with E-state index in [9.17, 15) is 14.4 Å². The minimum absolute atomic E-state index is 0.0794. The molecule has 2 N–H and O–H groups in total. The Morgan fingerprint density at radius 1 is 1.18 bits per heavy atom. The van der Waals surface area contributed by atoms with E-state index in [2.05, 4.69) is 5.10 Å². The summed E-state index contributed by atoms with van der Waals surface area (Å²) in [6.07, 6.45) is 2.84. The lowest BCUT2D eigenvalue weighted by Crippen LogP contribution is -2.54. The topological polar surface area (TPSA) is 123 Å². The average Bonchev–Trinajstić information content (AvgIpc) is 3.51. The van der Waals surface area contributed by atoms with E-state index in [0.29, 0.717) is 33.1 Å². The van der Waals surface area contributed by atoms with E-state index in [-0.39, 0.29) is 12.5 Å². The van der Waals surface area contributed by atoms with Gasteiger partial charge in [-0.05, 0) is 38.8 Å². The summed E-state index contributed by atoms with van der Waals surface area (Å²) in [5, 5.41) is 5.35. The van der Waals surface area contributed by atoms with Crippen molar-refractivity contribution >= 4 is 27.5 Å². The van der Waals surface area contributed by atoms with E-state index >= 15 is 0 Å². The quantitative estimate of drug-likeness (QED) is 0.330. The molecule has 1 atom stereocenters. The predicted molar refractivity (Wildman–Crippen MR) is 147 cm³/mol. The molecular formula is C27H33N5O5S. The summed E-state index contributed by atoms with van der Waals surface area (Å²) in [6, 6.07) is 9.25. The van der Waals surface area contributed by atoms with Gasteiger partial charge in [-0.25, -0.2) is 14.0 Å². The Kier molecular flexibility index (Phi) is 7.61. The van der Waals surface area contributed by atoms with Crippen LogP contribution in [0.15, 0.2) is 52.3 Å². The van der Waals surface area contributed by atoms with Crippen molar-refractivity contribution in [1.82, 2.24) is 18.9 Å². The first-order chi connectivity index (χ1) is 18.0. The molecule has 38 heavy (non-hydrogen) atoms. The number of para-hydroxylation sites is 1. The third-order valence-corrected chi connectivity index (χ3v) is 7.83. The molecule has 3 heterocycles. The van der Waals surface area contributed by atoms with Gasteiger partial charge in [-0.1, -0.05) is 43.4 Å². The van der Waals surface area contributed by atoms with Crippen molar-refractivity contribution in [2.24, 2.45) is 11.7 Å². The first kappa shape index (κ1) is 27.3. The third kappa shape index (κ3) is 4.79. The number of ether oxygens (including phenoxy) is 2. The molecule has 10 nitrogen and oxygen atoms in total. The number of thiophene rings is 1. The van der Waals surface area contributed by atoms with E-state index < -0.39 is 28.8 Å². The fraction of sp³-hybridized carbons (Fsp3) is 0.407. The van der Waals surface area contributed by atoms with Crippen molar-refractivity contribution in [3.05, 3.63) is 74.7 Å². The summed E-state index contributed by atoms with van der Waals surface area (Å²) in [7, 11) is 1.58. The molecule has 202 valence electrons. The van der Waals surface area contributed by atoms with Crippen molar-refractivity contribution in [3.8, 4) is 10.8 Å². The Balaban J connectivity index is 2.03. The Labute approximate surface area is 224 Å². The van der Waals surface area contributed by atoms with Crippen molar-refractivity contribution < 1.29 is 14.3 Å². The highest BCUT2D eigenvalue weighted by Crippen LogP contribution is 2.34. The number of rotatable bonds is 10. The van der Waals surface area contributed by atoms with E-state index in [1.165, 1.54) is 29.8 Å². The molecule has 0 bridgehead atoms. The van der Waals surface area contributed by atoms with Gasteiger partial charge < -0.3 is 15.2 Å². The van der Waals surface area contributed by atoms with Crippen molar-refractivity contribution in [1.29, 1.82) is 0 Å². The number of aromatic nitrogens is 4. The van der Waals surface area contributed by atoms with Gasteiger partial charge in [0.2, 0.25) is 5.91 Å². The van der Waals surface area contributed by atoms with Gasteiger partial charge in [0.25, 0.3) is 5.56 Å². The fourth-order valence-corrected chi connectivity index (χ4v) is 5.60. The maximum absolute atomic E-state index is 14.0. The Bertz CT molecular complexity index is 1580. The number of hydrogen-bond donors (Lipinski definition) is 1. The van der Waals surface area contributed by atoms with Crippen LogP contribution in [0.1, 0.15) is 44.9 Å². The standard InChI is InChI=1S/C27H33N5O5S/c1-16(2)15-37-20(18-10-7-8-11-19(18)36-6)14-30-24-21(17(3)23(38-24)31-13-9-12-29-31)22(33)32(26(30)35)27(4,5)25(28)34/h7-13,16,20H,14-15H2,1-6H3,(H2,28,34). The van der Waals surface area contributed by atoms with Crippen LogP contribution in [0.25, 0.3) is 15.2 Å². The zero-order valence-corrected chi connectivity index (χ0v) is 23.2. The summed E-state index contributed by atoms with van der Waals surface area (Å²) in [6.45, 7) is 9.34. The number of benzene rings is 1. The van der Waals surface area contributed by atoms with Crippen LogP contribution < -0.4 is 21.7 Å². The van der Waals surface area contributed by atoms with Crippen molar-refractivity contribution in [2.75, 3.05) is 13.7 Å². The number of hydrogen-bond acceptors (Lipinski definition) is 7. The Morgan fingerprint density at radius 3 is 2.50 bits per heavy atom. The molecule has 0 aliphatic heterocycles. The Hall–Kier alpha value is -3.70. The molecule has 1 aromatic carbocycles. The zero-order chi connectivity index (χ0) is 27.8. The second-order valence-corrected chi connectivity index (χ2v) is 11.1. The lowest BCUT2D eigenvalue weighted by Gasteiger charge is -2.26. The van der Waals surface area contributed by atoms with E-state index in [4.69, 9.17) is 15.2 Å². The summed E-state index contributed by atoms with van der Waals surface area (Å²) in [5.74, 6) is 0.0677. The van der Waals surface area contributed by atoms with E-state index in [0.717, 1.165) is 10.1 Å². The molecular weight excluding hydrogens is 506 g/mol. The first-order valence-corrected chi connectivity index (χ1v) is 13.1. The second kappa shape index (κ2) is 10.6. The van der Waals surface area contributed by atoms with Crippen molar-refractivity contribution in [2.45, 2.75) is 52.8 Å². The number of carbonyl (C=O) groups is 1. The minimum Gasteiger partial charge on any atom is -0.496 e. The van der Waals surface area contributed by atoms with Gasteiger partial charge >= 0.3 is 5.69 Å². The van der Waals surface area contributed by atoms with Gasteiger partial charge in [0.15, 0.2) is 0 Å². The van der Waals surface area contributed by atoms with Gasteiger partial charge in [-0.3, -0.25) is 14.2 Å². The second-order valence-electron chi connectivity index (χ2n) is 10.1. The number of nitrogens with two attached hydrogens (primary N) is 1. The third-order valence-electron chi connectivity index (χ3n) is 6.53. The molecule has 1 amide bonds. The van der Waals surface area contributed by atoms with Crippen LogP contribution in [0.3, 0.4) is 0 Å². The van der Waals surface area contributed by atoms with Gasteiger partial charge in [0.1, 0.15) is 27.2 Å². The normalized spacial score (nSPS) is 12.8. The zero-order valence-electron chi connectivity index (χ0n) is 22.4. The summed E-state index contributed by atoms with van der Waals surface area (Å²) >= 11 is 1.28. The summed E-state index contributed by atoms with van der Waals surface area (Å²) in [4.78, 5) is 40.7. The number of fused-ring (bicyclic) bond motifs is 1. The van der Waals surface area contributed by atoms with Crippen LogP contribution in [0.5, 0.6) is 5.75 Å². The van der Waals surface area contributed by atoms with Crippen LogP contribution in [0.4, 0.5) is 0 Å². The first-order valence-electron chi connectivity index (χ1n) is 12.3. The number of aryl methyl sites for hydroxylation is 1. The highest BCUT2D eigenvalue weighted by molar-refractivity contribution is 7.21. The van der Waals surface area contributed by atoms with Gasteiger partial charge in [0.05, 0.1) is 19.0 Å². The van der Waals surface area contributed by atoms with Gasteiger partial charge in [0, 0.05) is 30.1 Å². The number of amides is 1. The van der Waals surface area contributed by atoms with E-state index in [1.807, 2.05) is 38.1 Å². The minimum atomic E-state index is -1.57. The number of nitrogens with zero attached hydrogens (tertiary/aromatic N) is 4. The fourth-order valence-electron chi connectivity index (χ4n) is 4.35. The molecule has 0 saturated heterocycles. The lowest BCUT2D eigenvalue weighted by molar-refractivity contribution is -0.125. The SMILES string of the molecule is COc1ccccc1C(Cn1c(=O)n(C(C)(C)C(N)=O)c(=O)c2c(C)c(-n3cccn3)sc21)OCC(C)C. The van der Waals surface area contributed by atoms with Crippen LogP contribution >= 0.6 is 11.3 Å². The molecule has 4 aromatic rings. The molecule has 0 aliphatic rings. The monoisotopic (exact) mass is 539 g/mol. The highest BCUT2D eigenvalue weighted by atomic mass is 32.1. The maximum Gasteiger partial charge on any atom is 0.333 e. The lowest BCUT2D eigenvalue weighted by atomic mass is 10.0. The van der Waals surface area contributed by atoms with Gasteiger partial charge in [-0.15, -0.1) is 0 Å². The average molecular weight is 540 g/mol. The highest BCUT2D eigenvalue weighted by Gasteiger charge is 2.34. The summed E-state index contributed by atoms with van der Waals surface area (Å²) < 4.78 is 16.0. The molecule has 0 radical (unpaired) electrons. The van der Waals surface area contributed by atoms with Crippen LogP contribution in [0, 0.1) is 12.8 Å².